The van der Waals surface area contributed by atoms with Gasteiger partial charge in [-0.15, -0.1) is 0 Å². The number of nitrogens with zero attached hydrogens (tertiary/aromatic N) is 2. The van der Waals surface area contributed by atoms with E-state index in [1.165, 1.54) is 4.90 Å². The van der Waals surface area contributed by atoms with Crippen molar-refractivity contribution < 1.29 is 51.1 Å². The van der Waals surface area contributed by atoms with Gasteiger partial charge in [0.2, 0.25) is 28.8 Å². The van der Waals surface area contributed by atoms with Crippen LogP contribution in [0.1, 0.15) is 49.9 Å². The maximum Gasteiger partial charge on any atom is 0.208 e. The van der Waals surface area contributed by atoms with Crippen LogP contribution in [0, 0.1) is 0 Å². The highest BCUT2D eigenvalue weighted by Crippen LogP contribution is 2.60. The van der Waals surface area contributed by atoms with Crippen molar-refractivity contribution in [1.29, 1.82) is 0 Å². The summed E-state index contributed by atoms with van der Waals surface area (Å²) in [5.74, 6) is -8.98. The normalized spacial score (nSPS) is 14.7. The molecule has 0 heterocycles. The number of hydrogen-bond acceptors (Lipinski definition) is 12. The molecule has 0 unspecified atom stereocenters. The number of anilines is 5. The average molecular weight is 945 g/mol. The monoisotopic (exact) mass is 944 g/mol. The molecule has 2 aliphatic rings. The molecule has 0 saturated carbocycles. The predicted molar refractivity (Wildman–Crippen MR) is 278 cm³/mol. The van der Waals surface area contributed by atoms with Gasteiger partial charge in [0.1, 0.15) is 5.69 Å². The summed E-state index contributed by atoms with van der Waals surface area (Å²) < 4.78 is 0. The van der Waals surface area contributed by atoms with E-state index in [-0.39, 0.29) is 5.70 Å². The molecule has 0 aliphatic heterocycles. The van der Waals surface area contributed by atoms with Gasteiger partial charge in [0.15, 0.2) is 23.0 Å². The molecule has 0 atom stereocenters. The lowest BCUT2D eigenvalue weighted by Crippen LogP contribution is -2.23. The first-order chi connectivity index (χ1) is 33.9. The Kier molecular flexibility index (Phi) is 9.72. The average Bonchev–Trinajstić information content (AvgIpc) is 3.75. The second kappa shape index (κ2) is 15.5. The van der Waals surface area contributed by atoms with E-state index in [2.05, 4.69) is 58.5 Å². The standard InChI is InChI=1S/C59H48N2O10/c1-29(63)50(64)54(68)51(65)46(28-62)60(32-18-22-36-34-10-6-8-12-40(34)58(2,3)42(36)26-32)44-24-16-30-15-21-39-45(25-17-31-14-20-38(44)47(30)48(31)39)61(49-52(66)55(69)57(71)56(70)53(49)67)33-19-23-37-35-11-7-9-13-41(35)59(4,5)43(37)27-33/h6-27,62-71H,1,28H2,2-5H3/b51-46-,54-50-. The molecule has 0 spiro atoms. The highest BCUT2D eigenvalue weighted by atomic mass is 16.4. The van der Waals surface area contributed by atoms with Crippen LogP contribution in [-0.2, 0) is 10.8 Å². The Morgan fingerprint density at radius 1 is 0.465 bits per heavy atom. The smallest absolute Gasteiger partial charge is 0.208 e. The fraction of sp³-hybridized carbons (Fsp3) is 0.119. The summed E-state index contributed by atoms with van der Waals surface area (Å²) in [6.45, 7) is 10.9. The minimum Gasteiger partial charge on any atom is -0.505 e. The van der Waals surface area contributed by atoms with Gasteiger partial charge >= 0.3 is 0 Å². The van der Waals surface area contributed by atoms with Crippen molar-refractivity contribution >= 4 is 60.8 Å². The van der Waals surface area contributed by atoms with E-state index in [9.17, 15) is 51.1 Å². The third-order valence-corrected chi connectivity index (χ3v) is 14.7. The first-order valence-electron chi connectivity index (χ1n) is 22.9. The van der Waals surface area contributed by atoms with E-state index in [0.717, 1.165) is 60.7 Å². The molecule has 9 aromatic rings. The van der Waals surface area contributed by atoms with Crippen molar-refractivity contribution in [3.63, 3.8) is 0 Å². The van der Waals surface area contributed by atoms with Gasteiger partial charge in [0.25, 0.3) is 0 Å². The van der Waals surface area contributed by atoms with Crippen LogP contribution in [0.2, 0.25) is 0 Å². The Morgan fingerprint density at radius 3 is 1.42 bits per heavy atom. The Hall–Kier alpha value is -9.00. The number of fused-ring (bicyclic) bond motifs is 6. The molecular weight excluding hydrogens is 897 g/mol. The summed E-state index contributed by atoms with van der Waals surface area (Å²) in [5.41, 5.74) is 8.44. The van der Waals surface area contributed by atoms with E-state index in [0.29, 0.717) is 38.9 Å². The molecule has 354 valence electrons. The molecule has 12 nitrogen and oxygen atoms in total. The summed E-state index contributed by atoms with van der Waals surface area (Å²) >= 11 is 0. The van der Waals surface area contributed by atoms with Crippen molar-refractivity contribution in [1.82, 2.24) is 0 Å². The predicted octanol–water partition coefficient (Wildman–Crippen LogP) is 13.5. The Labute approximate surface area is 407 Å². The van der Waals surface area contributed by atoms with Crippen LogP contribution in [0.15, 0.2) is 169 Å². The van der Waals surface area contributed by atoms with Crippen LogP contribution >= 0.6 is 0 Å². The Morgan fingerprint density at radius 2 is 0.901 bits per heavy atom. The maximum atomic E-state index is 11.8. The van der Waals surface area contributed by atoms with E-state index in [4.69, 9.17) is 0 Å². The lowest BCUT2D eigenvalue weighted by atomic mass is 9.82. The number of aliphatic hydroxyl groups excluding tert-OH is 5. The number of aliphatic hydroxyl groups is 5. The van der Waals surface area contributed by atoms with Gasteiger partial charge in [-0.3, -0.25) is 0 Å². The third-order valence-electron chi connectivity index (χ3n) is 14.7. The molecule has 9 aromatic carbocycles. The highest BCUT2D eigenvalue weighted by Gasteiger charge is 2.39. The van der Waals surface area contributed by atoms with Crippen LogP contribution in [0.4, 0.5) is 28.4 Å². The molecule has 0 aromatic heterocycles. The summed E-state index contributed by atoms with van der Waals surface area (Å²) in [5, 5.41) is 115. The van der Waals surface area contributed by atoms with Gasteiger partial charge in [-0.2, -0.15) is 0 Å². The molecule has 71 heavy (non-hydrogen) atoms. The van der Waals surface area contributed by atoms with Crippen LogP contribution in [0.5, 0.6) is 28.7 Å². The first-order valence-corrected chi connectivity index (χ1v) is 22.9. The highest BCUT2D eigenvalue weighted by molar-refractivity contribution is 6.28. The van der Waals surface area contributed by atoms with E-state index >= 15 is 0 Å². The quantitative estimate of drug-likeness (QED) is 0.0216. The lowest BCUT2D eigenvalue weighted by molar-refractivity contribution is 0.253. The molecule has 0 bridgehead atoms. The van der Waals surface area contributed by atoms with E-state index in [1.54, 1.807) is 11.0 Å². The second-order valence-electron chi connectivity index (χ2n) is 19.3. The van der Waals surface area contributed by atoms with Crippen LogP contribution < -0.4 is 9.80 Å². The molecule has 0 radical (unpaired) electrons. The van der Waals surface area contributed by atoms with Gasteiger partial charge in [-0.25, -0.2) is 0 Å². The fourth-order valence-corrected chi connectivity index (χ4v) is 11.2. The van der Waals surface area contributed by atoms with Crippen molar-refractivity contribution in [3.8, 4) is 51.0 Å². The molecule has 12 heteroatoms. The number of phenolic OH excluding ortho intramolecular Hbond substituents is 5. The van der Waals surface area contributed by atoms with Crippen LogP contribution in [0.25, 0.3) is 54.6 Å². The number of phenols is 5. The molecule has 11 rings (SSSR count). The van der Waals surface area contributed by atoms with Gasteiger partial charge in [0, 0.05) is 33.0 Å². The van der Waals surface area contributed by atoms with Gasteiger partial charge < -0.3 is 60.9 Å². The van der Waals surface area contributed by atoms with E-state index in [1.807, 2.05) is 103 Å². The Bertz CT molecular complexity index is 3820. The van der Waals surface area contributed by atoms with Crippen molar-refractivity contribution in [2.45, 2.75) is 38.5 Å². The van der Waals surface area contributed by atoms with Crippen molar-refractivity contribution in [3.05, 3.63) is 191 Å². The SMILES string of the molecule is C=C(O)/C(O)=C(O)\C(O)=C(/CO)N(c1ccc2c(c1)C(C)(C)c1ccccc1-2)c1ccc2ccc3c(N(c4ccc5c(c4)C(C)(C)c4ccccc4-5)c4c(O)c(O)c(O)c(O)c4O)ccc4ccc1c2c43. The first kappa shape index (κ1) is 44.5. The van der Waals surface area contributed by atoms with E-state index < -0.39 is 74.9 Å². The molecule has 2 aliphatic carbocycles. The zero-order valence-electron chi connectivity index (χ0n) is 39.0. The number of hydrogen-bond donors (Lipinski definition) is 10. The molecular formula is C59H48N2O10. The largest absolute Gasteiger partial charge is 0.505 e. The Balaban J connectivity index is 1.19. The summed E-state index contributed by atoms with van der Waals surface area (Å²) in [6, 6.07) is 42.7. The zero-order chi connectivity index (χ0) is 50.2. The van der Waals surface area contributed by atoms with Crippen LogP contribution in [-0.4, -0.2) is 57.7 Å². The van der Waals surface area contributed by atoms with Crippen molar-refractivity contribution in [2.24, 2.45) is 0 Å². The molecule has 0 amide bonds. The zero-order valence-corrected chi connectivity index (χ0v) is 39.0. The van der Waals surface area contributed by atoms with Gasteiger partial charge in [-0.05, 0) is 102 Å². The molecule has 0 saturated heterocycles. The van der Waals surface area contributed by atoms with Gasteiger partial charge in [-0.1, -0.05) is 131 Å². The minimum absolute atomic E-state index is 0.245. The topological polar surface area (TPSA) is 209 Å². The second-order valence-corrected chi connectivity index (χ2v) is 19.3. The summed E-state index contributed by atoms with van der Waals surface area (Å²) in [7, 11) is 0. The fourth-order valence-electron chi connectivity index (χ4n) is 11.2. The lowest BCUT2D eigenvalue weighted by Gasteiger charge is -2.32. The van der Waals surface area contributed by atoms with Crippen LogP contribution in [0.3, 0.4) is 0 Å². The molecule has 0 fully saturated rings. The van der Waals surface area contributed by atoms with Crippen molar-refractivity contribution in [2.75, 3.05) is 16.4 Å². The maximum absolute atomic E-state index is 11.8. The number of benzene rings is 9. The molecule has 10 N–H and O–H groups in total. The minimum atomic E-state index is -1.11. The third kappa shape index (κ3) is 6.20. The summed E-state index contributed by atoms with van der Waals surface area (Å²) in [6.07, 6.45) is 0. The number of rotatable bonds is 9. The summed E-state index contributed by atoms with van der Waals surface area (Å²) in [4.78, 5) is 3.13. The number of aromatic hydroxyl groups is 5. The van der Waals surface area contributed by atoms with Gasteiger partial charge in [0.05, 0.1) is 23.7 Å².